The van der Waals surface area contributed by atoms with E-state index in [4.69, 9.17) is 4.42 Å². The number of H-pyrrole nitrogens is 1. The summed E-state index contributed by atoms with van der Waals surface area (Å²) in [6.07, 6.45) is 6.03. The molecule has 1 aromatic carbocycles. The number of anilines is 1. The van der Waals surface area contributed by atoms with E-state index in [-0.39, 0.29) is 5.91 Å². The molecule has 7 heteroatoms. The van der Waals surface area contributed by atoms with Gasteiger partial charge in [-0.25, -0.2) is 15.0 Å². The molecule has 7 nitrogen and oxygen atoms in total. The normalized spacial score (nSPS) is 10.8. The number of aromatic amines is 1. The van der Waals surface area contributed by atoms with E-state index in [0.29, 0.717) is 28.2 Å². The Balaban J connectivity index is 1.59. The Bertz CT molecular complexity index is 975. The van der Waals surface area contributed by atoms with E-state index in [1.165, 1.54) is 12.6 Å². The smallest absolute Gasteiger partial charge is 0.257 e. The molecule has 112 valence electrons. The van der Waals surface area contributed by atoms with Crippen molar-refractivity contribution < 1.29 is 9.21 Å². The summed E-state index contributed by atoms with van der Waals surface area (Å²) < 4.78 is 5.26. The van der Waals surface area contributed by atoms with Crippen LogP contribution < -0.4 is 5.32 Å². The number of hydrogen-bond donors (Lipinski definition) is 2. The number of imidazole rings is 1. The third-order valence-electron chi connectivity index (χ3n) is 3.37. The van der Waals surface area contributed by atoms with Gasteiger partial charge in [-0.1, -0.05) is 12.1 Å². The molecule has 1 amide bonds. The van der Waals surface area contributed by atoms with Crippen LogP contribution in [0.4, 0.5) is 5.69 Å². The molecule has 0 bridgehead atoms. The largest absolute Gasteiger partial charge is 0.444 e. The minimum absolute atomic E-state index is 0.247. The molecule has 0 aliphatic rings. The molecular weight excluding hydrogens is 294 g/mol. The lowest BCUT2D eigenvalue weighted by atomic mass is 10.1. The first-order valence-electron chi connectivity index (χ1n) is 6.89. The van der Waals surface area contributed by atoms with Gasteiger partial charge >= 0.3 is 0 Å². The highest BCUT2D eigenvalue weighted by Gasteiger charge is 2.10. The molecule has 0 saturated carbocycles. The van der Waals surface area contributed by atoms with Crippen LogP contribution in [0.3, 0.4) is 0 Å². The monoisotopic (exact) mass is 305 g/mol. The van der Waals surface area contributed by atoms with Crippen molar-refractivity contribution in [2.75, 3.05) is 5.32 Å². The molecule has 0 saturated heterocycles. The van der Waals surface area contributed by atoms with Crippen molar-refractivity contribution in [1.82, 2.24) is 19.9 Å². The number of benzene rings is 1. The lowest BCUT2D eigenvalue weighted by Crippen LogP contribution is -2.12. The van der Waals surface area contributed by atoms with Crippen molar-refractivity contribution >= 4 is 22.8 Å². The maximum absolute atomic E-state index is 12.4. The predicted molar refractivity (Wildman–Crippen MR) is 83.8 cm³/mol. The van der Waals surface area contributed by atoms with Crippen LogP contribution in [0.15, 0.2) is 59.9 Å². The van der Waals surface area contributed by atoms with E-state index in [0.717, 1.165) is 5.56 Å². The third-order valence-corrected chi connectivity index (χ3v) is 3.37. The summed E-state index contributed by atoms with van der Waals surface area (Å²) in [6, 6.07) is 9.06. The quantitative estimate of drug-likeness (QED) is 0.606. The van der Waals surface area contributed by atoms with Crippen LogP contribution >= 0.6 is 0 Å². The summed E-state index contributed by atoms with van der Waals surface area (Å²) in [6.45, 7) is 0. The number of amides is 1. The fourth-order valence-electron chi connectivity index (χ4n) is 2.27. The fraction of sp³-hybridized carbons (Fsp3) is 0. The number of hydrogen-bond acceptors (Lipinski definition) is 5. The Morgan fingerprint density at radius 3 is 3.00 bits per heavy atom. The van der Waals surface area contributed by atoms with E-state index in [1.54, 1.807) is 24.7 Å². The number of carbonyl (C=O) groups is 1. The molecule has 23 heavy (non-hydrogen) atoms. The molecule has 3 heterocycles. The number of carbonyl (C=O) groups excluding carboxylic acids is 1. The maximum atomic E-state index is 12.4. The van der Waals surface area contributed by atoms with E-state index >= 15 is 0 Å². The summed E-state index contributed by atoms with van der Waals surface area (Å²) in [5.41, 5.74) is 3.24. The number of fused-ring (bicyclic) bond motifs is 1. The molecule has 0 unspecified atom stereocenters. The van der Waals surface area contributed by atoms with Crippen LogP contribution in [0.2, 0.25) is 0 Å². The highest BCUT2D eigenvalue weighted by molar-refractivity contribution is 6.05. The van der Waals surface area contributed by atoms with Crippen LogP contribution in [-0.2, 0) is 0 Å². The second-order valence-corrected chi connectivity index (χ2v) is 4.90. The summed E-state index contributed by atoms with van der Waals surface area (Å²) in [7, 11) is 0. The van der Waals surface area contributed by atoms with E-state index in [1.807, 2.05) is 18.2 Å². The second-order valence-electron chi connectivity index (χ2n) is 4.90. The zero-order valence-corrected chi connectivity index (χ0v) is 11.9. The summed E-state index contributed by atoms with van der Waals surface area (Å²) in [5.74, 6) is 0.394. The topological polar surface area (TPSA) is 96.7 Å². The molecule has 0 atom stereocenters. The van der Waals surface area contributed by atoms with Crippen LogP contribution in [0.5, 0.6) is 0 Å². The molecule has 4 aromatic rings. The van der Waals surface area contributed by atoms with Gasteiger partial charge in [-0.15, -0.1) is 0 Å². The first-order valence-corrected chi connectivity index (χ1v) is 6.89. The van der Waals surface area contributed by atoms with Crippen LogP contribution in [0, 0.1) is 0 Å². The summed E-state index contributed by atoms with van der Waals surface area (Å²) in [4.78, 5) is 27.3. The Morgan fingerprint density at radius 2 is 2.13 bits per heavy atom. The van der Waals surface area contributed by atoms with Gasteiger partial charge in [0.2, 0.25) is 0 Å². The summed E-state index contributed by atoms with van der Waals surface area (Å²) >= 11 is 0. The standard InChI is InChI=1S/C16H11N5O2/c22-16(11-5-13-15(18-6-11)20-8-19-13)21-12-3-1-2-10(4-12)14-7-17-9-23-14/h1-9H,(H,21,22)(H,18,19,20). The molecule has 2 N–H and O–H groups in total. The lowest BCUT2D eigenvalue weighted by molar-refractivity contribution is 0.102. The van der Waals surface area contributed by atoms with E-state index < -0.39 is 0 Å². The molecular formula is C16H11N5O2. The van der Waals surface area contributed by atoms with Crippen molar-refractivity contribution in [1.29, 1.82) is 0 Å². The van der Waals surface area contributed by atoms with E-state index in [9.17, 15) is 4.79 Å². The lowest BCUT2D eigenvalue weighted by Gasteiger charge is -2.06. The minimum Gasteiger partial charge on any atom is -0.444 e. The number of rotatable bonds is 3. The zero-order chi connectivity index (χ0) is 15.6. The van der Waals surface area contributed by atoms with Gasteiger partial charge in [0.05, 0.1) is 23.6 Å². The van der Waals surface area contributed by atoms with Gasteiger partial charge in [0, 0.05) is 17.4 Å². The van der Waals surface area contributed by atoms with Crippen LogP contribution in [-0.4, -0.2) is 25.8 Å². The van der Waals surface area contributed by atoms with Gasteiger partial charge in [-0.2, -0.15) is 0 Å². The van der Waals surface area contributed by atoms with Gasteiger partial charge in [-0.3, -0.25) is 4.79 Å². The predicted octanol–water partition coefficient (Wildman–Crippen LogP) is 2.87. The molecule has 0 radical (unpaired) electrons. The van der Waals surface area contributed by atoms with Gasteiger partial charge in [0.25, 0.3) is 5.91 Å². The number of aromatic nitrogens is 4. The van der Waals surface area contributed by atoms with Crippen LogP contribution in [0.1, 0.15) is 10.4 Å². The SMILES string of the molecule is O=C(Nc1cccc(-c2cnco2)c1)c1cnc2nc[nH]c2c1. The summed E-state index contributed by atoms with van der Waals surface area (Å²) in [5, 5.41) is 2.84. The number of nitrogens with zero attached hydrogens (tertiary/aromatic N) is 3. The molecule has 0 aliphatic carbocycles. The molecule has 0 spiro atoms. The number of pyridine rings is 1. The first-order chi connectivity index (χ1) is 11.3. The van der Waals surface area contributed by atoms with Crippen LogP contribution in [0.25, 0.3) is 22.5 Å². The molecule has 4 rings (SSSR count). The second kappa shape index (κ2) is 5.38. The third kappa shape index (κ3) is 2.55. The zero-order valence-electron chi connectivity index (χ0n) is 11.9. The highest BCUT2D eigenvalue weighted by atomic mass is 16.3. The Hall–Kier alpha value is -3.48. The molecule has 3 aromatic heterocycles. The van der Waals surface area contributed by atoms with E-state index in [2.05, 4.69) is 25.3 Å². The Labute approximate surface area is 130 Å². The van der Waals surface area contributed by atoms with Gasteiger partial charge < -0.3 is 14.7 Å². The van der Waals surface area contributed by atoms with Crippen molar-refractivity contribution in [2.24, 2.45) is 0 Å². The Kier molecular flexibility index (Phi) is 3.09. The average molecular weight is 305 g/mol. The first kappa shape index (κ1) is 13.2. The van der Waals surface area contributed by atoms with Crippen molar-refractivity contribution in [3.05, 3.63) is 61.0 Å². The fourth-order valence-corrected chi connectivity index (χ4v) is 2.27. The highest BCUT2D eigenvalue weighted by Crippen LogP contribution is 2.22. The molecule has 0 aliphatic heterocycles. The van der Waals surface area contributed by atoms with Gasteiger partial charge in [0.15, 0.2) is 17.8 Å². The maximum Gasteiger partial charge on any atom is 0.257 e. The number of oxazole rings is 1. The molecule has 0 fully saturated rings. The van der Waals surface area contributed by atoms with Gasteiger partial charge in [-0.05, 0) is 18.2 Å². The van der Waals surface area contributed by atoms with Crippen molar-refractivity contribution in [3.63, 3.8) is 0 Å². The van der Waals surface area contributed by atoms with Crippen molar-refractivity contribution in [3.8, 4) is 11.3 Å². The Morgan fingerprint density at radius 1 is 1.17 bits per heavy atom. The minimum atomic E-state index is -0.247. The van der Waals surface area contributed by atoms with Crippen molar-refractivity contribution in [2.45, 2.75) is 0 Å². The number of nitrogens with one attached hydrogen (secondary N) is 2. The average Bonchev–Trinajstić information content (AvgIpc) is 3.26. The van der Waals surface area contributed by atoms with Gasteiger partial charge in [0.1, 0.15) is 0 Å².